The molecule has 0 saturated carbocycles. The molecule has 0 bridgehead atoms. The molecule has 0 radical (unpaired) electrons. The average molecular weight is 390 g/mol. The van der Waals surface area contributed by atoms with Crippen LogP contribution in [-0.4, -0.2) is 70.0 Å². The number of rotatable bonds is 5. The minimum absolute atomic E-state index is 0.0327. The Hall–Kier alpha value is -2.38. The Kier molecular flexibility index (Phi) is 6.70. The molecule has 2 saturated heterocycles. The Labute approximate surface area is 166 Å². The molecule has 0 aliphatic carbocycles. The molecule has 3 amide bonds. The fourth-order valence-corrected chi connectivity index (χ4v) is 4.10. The van der Waals surface area contributed by atoms with Gasteiger partial charge in [-0.1, -0.05) is 0 Å². The van der Waals surface area contributed by atoms with Crippen LogP contribution in [0, 0.1) is 12.8 Å². The van der Waals surface area contributed by atoms with Crippen LogP contribution in [0.3, 0.4) is 0 Å². The van der Waals surface area contributed by atoms with E-state index < -0.39 is 0 Å². The lowest BCUT2D eigenvalue weighted by Gasteiger charge is -2.35. The van der Waals surface area contributed by atoms with Crippen molar-refractivity contribution < 1.29 is 14.4 Å². The zero-order valence-electron chi connectivity index (χ0n) is 16.9. The number of nitrogens with zero attached hydrogens (tertiary/aromatic N) is 4. The third-order valence-electron chi connectivity index (χ3n) is 5.72. The van der Waals surface area contributed by atoms with Crippen molar-refractivity contribution >= 4 is 17.7 Å². The van der Waals surface area contributed by atoms with Crippen molar-refractivity contribution in [3.05, 3.63) is 17.5 Å². The Bertz CT molecular complexity index is 715. The molecule has 0 atom stereocenters. The van der Waals surface area contributed by atoms with Gasteiger partial charge in [-0.15, -0.1) is 0 Å². The minimum atomic E-state index is -0.221. The standard InChI is InChI=1S/C20H31N5O3/c1-15-14-17(23(2)22-15)19(27)21-9-6-18(26)24-12-7-16(8-13-24)20(28)25-10-4-3-5-11-25/h14,16H,3-13H2,1-2H3,(H,21,27). The highest BCUT2D eigenvalue weighted by molar-refractivity contribution is 5.93. The number of carbonyl (C=O) groups excluding carboxylic acids is 3. The zero-order valence-corrected chi connectivity index (χ0v) is 16.9. The van der Waals surface area contributed by atoms with E-state index >= 15 is 0 Å². The lowest BCUT2D eigenvalue weighted by Crippen LogP contribution is -2.46. The summed E-state index contributed by atoms with van der Waals surface area (Å²) in [6.07, 6.45) is 5.17. The molecular weight excluding hydrogens is 358 g/mol. The van der Waals surface area contributed by atoms with Crippen LogP contribution < -0.4 is 5.32 Å². The van der Waals surface area contributed by atoms with E-state index in [9.17, 15) is 14.4 Å². The summed E-state index contributed by atoms with van der Waals surface area (Å²) in [6.45, 7) is 5.14. The normalized spacial score (nSPS) is 18.2. The SMILES string of the molecule is Cc1cc(C(=O)NCCC(=O)N2CCC(C(=O)N3CCCCC3)CC2)n(C)n1. The Morgan fingerprint density at radius 3 is 2.36 bits per heavy atom. The summed E-state index contributed by atoms with van der Waals surface area (Å²) in [4.78, 5) is 41.0. The maximum absolute atomic E-state index is 12.6. The number of piperidine rings is 2. The topological polar surface area (TPSA) is 87.5 Å². The predicted octanol–water partition coefficient (Wildman–Crippen LogP) is 1.10. The van der Waals surface area contributed by atoms with E-state index in [0.717, 1.165) is 44.5 Å². The number of likely N-dealkylation sites (tertiary alicyclic amines) is 2. The number of hydrogen-bond acceptors (Lipinski definition) is 4. The maximum atomic E-state index is 12.6. The molecule has 154 valence electrons. The third-order valence-corrected chi connectivity index (χ3v) is 5.72. The lowest BCUT2D eigenvalue weighted by atomic mass is 9.94. The molecule has 1 aromatic rings. The van der Waals surface area contributed by atoms with Gasteiger partial charge in [0.1, 0.15) is 5.69 Å². The van der Waals surface area contributed by atoms with Crippen LogP contribution >= 0.6 is 0 Å². The van der Waals surface area contributed by atoms with Gasteiger partial charge in [-0.25, -0.2) is 0 Å². The molecule has 1 aromatic heterocycles. The molecule has 3 heterocycles. The number of amides is 3. The van der Waals surface area contributed by atoms with Gasteiger partial charge in [0.05, 0.1) is 5.69 Å². The Balaban J connectivity index is 1.38. The number of nitrogens with one attached hydrogen (secondary N) is 1. The van der Waals surface area contributed by atoms with E-state index in [2.05, 4.69) is 10.4 Å². The molecule has 1 N–H and O–H groups in total. The summed E-state index contributed by atoms with van der Waals surface area (Å²) in [7, 11) is 1.72. The average Bonchev–Trinajstić information content (AvgIpc) is 3.06. The van der Waals surface area contributed by atoms with Gasteiger partial charge in [-0.2, -0.15) is 5.10 Å². The van der Waals surface area contributed by atoms with Crippen LogP contribution in [0.25, 0.3) is 0 Å². The first-order valence-electron chi connectivity index (χ1n) is 10.3. The van der Waals surface area contributed by atoms with Gasteiger partial charge in [-0.05, 0) is 45.1 Å². The third kappa shape index (κ3) is 4.91. The number of aryl methyl sites for hydroxylation is 2. The molecular formula is C20H31N5O3. The second-order valence-electron chi connectivity index (χ2n) is 7.84. The van der Waals surface area contributed by atoms with Crippen LogP contribution in [0.4, 0.5) is 0 Å². The molecule has 3 rings (SSSR count). The summed E-state index contributed by atoms with van der Waals surface area (Å²) in [6, 6.07) is 1.72. The van der Waals surface area contributed by atoms with Gasteiger partial charge in [-0.3, -0.25) is 19.1 Å². The van der Waals surface area contributed by atoms with Gasteiger partial charge < -0.3 is 15.1 Å². The molecule has 0 unspecified atom stereocenters. The van der Waals surface area contributed by atoms with Gasteiger partial charge in [0.15, 0.2) is 0 Å². The zero-order chi connectivity index (χ0) is 20.1. The fraction of sp³-hybridized carbons (Fsp3) is 0.700. The quantitative estimate of drug-likeness (QED) is 0.817. The van der Waals surface area contributed by atoms with Gasteiger partial charge in [0, 0.05) is 52.1 Å². The van der Waals surface area contributed by atoms with Gasteiger partial charge in [0.2, 0.25) is 11.8 Å². The van der Waals surface area contributed by atoms with Gasteiger partial charge >= 0.3 is 0 Å². The van der Waals surface area contributed by atoms with E-state index in [-0.39, 0.29) is 30.1 Å². The molecule has 8 nitrogen and oxygen atoms in total. The lowest BCUT2D eigenvalue weighted by molar-refractivity contribution is -0.141. The van der Waals surface area contributed by atoms with Crippen molar-refractivity contribution in [1.82, 2.24) is 24.9 Å². The first-order chi connectivity index (χ1) is 13.5. The van der Waals surface area contributed by atoms with E-state index in [1.165, 1.54) is 11.1 Å². The monoisotopic (exact) mass is 389 g/mol. The van der Waals surface area contributed by atoms with Crippen molar-refractivity contribution in [3.63, 3.8) is 0 Å². The number of aromatic nitrogens is 2. The largest absolute Gasteiger partial charge is 0.350 e. The van der Waals surface area contributed by atoms with E-state index in [0.29, 0.717) is 25.3 Å². The smallest absolute Gasteiger partial charge is 0.269 e. The fourth-order valence-electron chi connectivity index (χ4n) is 4.10. The van der Waals surface area contributed by atoms with Crippen molar-refractivity contribution in [1.29, 1.82) is 0 Å². The van der Waals surface area contributed by atoms with Crippen LogP contribution in [0.1, 0.15) is 54.7 Å². The predicted molar refractivity (Wildman–Crippen MR) is 105 cm³/mol. The highest BCUT2D eigenvalue weighted by atomic mass is 16.2. The first-order valence-corrected chi connectivity index (χ1v) is 10.3. The summed E-state index contributed by atoms with van der Waals surface area (Å²) in [5.74, 6) is 0.132. The van der Waals surface area contributed by atoms with Crippen molar-refractivity contribution in [2.24, 2.45) is 13.0 Å². The van der Waals surface area contributed by atoms with Crippen molar-refractivity contribution in [2.45, 2.75) is 45.4 Å². The summed E-state index contributed by atoms with van der Waals surface area (Å²) in [5, 5.41) is 6.94. The Morgan fingerprint density at radius 2 is 1.75 bits per heavy atom. The number of hydrogen-bond donors (Lipinski definition) is 1. The molecule has 2 fully saturated rings. The Morgan fingerprint density at radius 1 is 1.07 bits per heavy atom. The maximum Gasteiger partial charge on any atom is 0.269 e. The molecule has 28 heavy (non-hydrogen) atoms. The van der Waals surface area contributed by atoms with Gasteiger partial charge in [0.25, 0.3) is 5.91 Å². The molecule has 0 spiro atoms. The van der Waals surface area contributed by atoms with Crippen LogP contribution in [0.2, 0.25) is 0 Å². The van der Waals surface area contributed by atoms with Crippen molar-refractivity contribution in [3.8, 4) is 0 Å². The summed E-state index contributed by atoms with van der Waals surface area (Å²) >= 11 is 0. The summed E-state index contributed by atoms with van der Waals surface area (Å²) in [5.41, 5.74) is 1.27. The van der Waals surface area contributed by atoms with Crippen molar-refractivity contribution in [2.75, 3.05) is 32.7 Å². The molecule has 2 aliphatic rings. The van der Waals surface area contributed by atoms with Crippen LogP contribution in [-0.2, 0) is 16.6 Å². The molecule has 8 heteroatoms. The highest BCUT2D eigenvalue weighted by Crippen LogP contribution is 2.22. The van der Waals surface area contributed by atoms with Crippen LogP contribution in [0.5, 0.6) is 0 Å². The molecule has 0 aromatic carbocycles. The first kappa shape index (κ1) is 20.4. The van der Waals surface area contributed by atoms with E-state index in [1.54, 1.807) is 13.1 Å². The van der Waals surface area contributed by atoms with E-state index in [4.69, 9.17) is 0 Å². The minimum Gasteiger partial charge on any atom is -0.350 e. The van der Waals surface area contributed by atoms with Crippen LogP contribution in [0.15, 0.2) is 6.07 Å². The molecule has 2 aliphatic heterocycles. The summed E-state index contributed by atoms with van der Waals surface area (Å²) < 4.78 is 1.54. The second-order valence-corrected chi connectivity index (χ2v) is 7.84. The van der Waals surface area contributed by atoms with E-state index in [1.807, 2.05) is 16.7 Å². The second kappa shape index (κ2) is 9.21. The highest BCUT2D eigenvalue weighted by Gasteiger charge is 2.30. The number of carbonyl (C=O) groups is 3.